The largest absolute Gasteiger partial charge is 0.495 e. The van der Waals surface area contributed by atoms with Crippen LogP contribution in [-0.2, 0) is 10.0 Å². The second-order valence-electron chi connectivity index (χ2n) is 4.59. The predicted molar refractivity (Wildman–Crippen MR) is 84.7 cm³/mol. The van der Waals surface area contributed by atoms with E-state index < -0.39 is 10.0 Å². The Morgan fingerprint density at radius 1 is 1.27 bits per heavy atom. The summed E-state index contributed by atoms with van der Waals surface area (Å²) in [7, 11) is -2.34. The molecule has 0 saturated carbocycles. The van der Waals surface area contributed by atoms with Crippen molar-refractivity contribution in [1.29, 1.82) is 0 Å². The van der Waals surface area contributed by atoms with Crippen molar-refractivity contribution in [3.8, 4) is 5.75 Å². The SMILES string of the molecule is COc1ccc(S(=O)(=O)n2ccc3cc(Cl)cnc32)cc1N. The van der Waals surface area contributed by atoms with E-state index in [4.69, 9.17) is 22.1 Å². The van der Waals surface area contributed by atoms with Gasteiger partial charge in [0.05, 0.1) is 22.7 Å². The first-order valence-electron chi connectivity index (χ1n) is 6.25. The van der Waals surface area contributed by atoms with Gasteiger partial charge in [-0.15, -0.1) is 0 Å². The molecular weight excluding hydrogens is 326 g/mol. The zero-order valence-corrected chi connectivity index (χ0v) is 13.1. The van der Waals surface area contributed by atoms with E-state index in [1.54, 1.807) is 12.1 Å². The molecule has 1 aromatic carbocycles. The van der Waals surface area contributed by atoms with E-state index in [0.717, 1.165) is 3.97 Å². The number of nitrogens with zero attached hydrogens (tertiary/aromatic N) is 2. The van der Waals surface area contributed by atoms with Crippen LogP contribution in [0, 0.1) is 0 Å². The maximum Gasteiger partial charge on any atom is 0.269 e. The number of ether oxygens (including phenoxy) is 1. The van der Waals surface area contributed by atoms with E-state index in [0.29, 0.717) is 21.8 Å². The maximum absolute atomic E-state index is 12.7. The number of hydrogen-bond donors (Lipinski definition) is 1. The Morgan fingerprint density at radius 2 is 2.05 bits per heavy atom. The molecule has 0 amide bonds. The van der Waals surface area contributed by atoms with Crippen LogP contribution in [0.15, 0.2) is 47.6 Å². The smallest absolute Gasteiger partial charge is 0.269 e. The van der Waals surface area contributed by atoms with Gasteiger partial charge in [-0.2, -0.15) is 0 Å². The van der Waals surface area contributed by atoms with Gasteiger partial charge in [0.25, 0.3) is 10.0 Å². The first kappa shape index (κ1) is 14.7. The molecule has 2 aromatic heterocycles. The molecule has 0 aliphatic rings. The van der Waals surface area contributed by atoms with Gasteiger partial charge in [0, 0.05) is 17.8 Å². The van der Waals surface area contributed by atoms with Crippen LogP contribution < -0.4 is 10.5 Å². The highest BCUT2D eigenvalue weighted by atomic mass is 35.5. The molecule has 0 radical (unpaired) electrons. The van der Waals surface area contributed by atoms with Crippen molar-refractivity contribution in [2.75, 3.05) is 12.8 Å². The fraction of sp³-hybridized carbons (Fsp3) is 0.0714. The summed E-state index contributed by atoms with van der Waals surface area (Å²) in [4.78, 5) is 4.14. The number of benzene rings is 1. The monoisotopic (exact) mass is 337 g/mol. The molecule has 0 atom stereocenters. The third-order valence-electron chi connectivity index (χ3n) is 3.22. The molecular formula is C14H12ClN3O3S. The number of fused-ring (bicyclic) bond motifs is 1. The summed E-state index contributed by atoms with van der Waals surface area (Å²) in [5.74, 6) is 0.418. The molecule has 0 aliphatic carbocycles. The summed E-state index contributed by atoms with van der Waals surface area (Å²) < 4.78 is 31.6. The summed E-state index contributed by atoms with van der Waals surface area (Å²) in [6, 6.07) is 7.59. The van der Waals surface area contributed by atoms with Crippen molar-refractivity contribution in [1.82, 2.24) is 8.96 Å². The van der Waals surface area contributed by atoms with E-state index in [1.807, 2.05) is 0 Å². The van der Waals surface area contributed by atoms with Gasteiger partial charge in [-0.1, -0.05) is 11.6 Å². The fourth-order valence-corrected chi connectivity index (χ4v) is 3.66. The number of methoxy groups -OCH3 is 1. The second-order valence-corrected chi connectivity index (χ2v) is 6.84. The van der Waals surface area contributed by atoms with Crippen LogP contribution in [0.3, 0.4) is 0 Å². The van der Waals surface area contributed by atoms with Gasteiger partial charge >= 0.3 is 0 Å². The topological polar surface area (TPSA) is 87.2 Å². The summed E-state index contributed by atoms with van der Waals surface area (Å²) in [6.45, 7) is 0. The number of pyridine rings is 1. The number of anilines is 1. The molecule has 2 heterocycles. The Labute approximate surface area is 132 Å². The minimum absolute atomic E-state index is 0.0556. The molecule has 6 nitrogen and oxygen atoms in total. The van der Waals surface area contributed by atoms with E-state index >= 15 is 0 Å². The lowest BCUT2D eigenvalue weighted by molar-refractivity contribution is 0.416. The number of aromatic nitrogens is 2. The molecule has 0 aliphatic heterocycles. The fourth-order valence-electron chi connectivity index (χ4n) is 2.15. The van der Waals surface area contributed by atoms with E-state index in [2.05, 4.69) is 4.98 Å². The van der Waals surface area contributed by atoms with Crippen LogP contribution >= 0.6 is 11.6 Å². The van der Waals surface area contributed by atoms with E-state index in [9.17, 15) is 8.42 Å². The maximum atomic E-state index is 12.7. The molecule has 0 bridgehead atoms. The van der Waals surface area contributed by atoms with E-state index in [-0.39, 0.29) is 10.6 Å². The number of rotatable bonds is 3. The first-order valence-corrected chi connectivity index (χ1v) is 8.07. The number of nitrogen functional groups attached to an aromatic ring is 1. The number of hydrogen-bond acceptors (Lipinski definition) is 5. The molecule has 2 N–H and O–H groups in total. The van der Waals surface area contributed by atoms with E-state index in [1.165, 1.54) is 37.7 Å². The molecule has 0 saturated heterocycles. The lowest BCUT2D eigenvalue weighted by atomic mass is 10.3. The third-order valence-corrected chi connectivity index (χ3v) is 5.09. The Bertz CT molecular complexity index is 967. The quantitative estimate of drug-likeness (QED) is 0.742. The molecule has 0 spiro atoms. The van der Waals surface area contributed by atoms with Crippen molar-refractivity contribution in [3.05, 3.63) is 47.7 Å². The van der Waals surface area contributed by atoms with Crippen LogP contribution in [0.25, 0.3) is 11.0 Å². The Balaban J connectivity index is 2.18. The zero-order valence-electron chi connectivity index (χ0n) is 11.5. The Morgan fingerprint density at radius 3 is 2.73 bits per heavy atom. The van der Waals surface area contributed by atoms with Gasteiger partial charge in [0.15, 0.2) is 5.65 Å². The summed E-state index contributed by atoms with van der Waals surface area (Å²) in [5.41, 5.74) is 6.33. The lowest BCUT2D eigenvalue weighted by Gasteiger charge is -2.09. The van der Waals surface area contributed by atoms with Crippen LogP contribution in [0.2, 0.25) is 5.02 Å². The van der Waals surface area contributed by atoms with Crippen molar-refractivity contribution >= 4 is 38.3 Å². The molecule has 0 fully saturated rings. The molecule has 0 unspecified atom stereocenters. The highest BCUT2D eigenvalue weighted by Crippen LogP contribution is 2.27. The highest BCUT2D eigenvalue weighted by molar-refractivity contribution is 7.90. The molecule has 3 rings (SSSR count). The van der Waals surface area contributed by atoms with Gasteiger partial charge in [-0.05, 0) is 30.3 Å². The van der Waals surface area contributed by atoms with Crippen molar-refractivity contribution in [3.63, 3.8) is 0 Å². The Hall–Kier alpha value is -2.25. The highest BCUT2D eigenvalue weighted by Gasteiger charge is 2.20. The molecule has 22 heavy (non-hydrogen) atoms. The summed E-state index contributed by atoms with van der Waals surface area (Å²) in [5, 5.41) is 1.08. The predicted octanol–water partition coefficient (Wildman–Crippen LogP) is 2.52. The van der Waals surface area contributed by atoms with Crippen molar-refractivity contribution in [2.24, 2.45) is 0 Å². The standard InChI is InChI=1S/C14H12ClN3O3S/c1-21-13-3-2-11(7-12(13)16)22(19,20)18-5-4-9-6-10(15)8-17-14(9)18/h2-8H,16H2,1H3. The zero-order chi connectivity index (χ0) is 15.9. The van der Waals surface area contributed by atoms with Crippen LogP contribution in [0.4, 0.5) is 5.69 Å². The normalized spacial score (nSPS) is 11.7. The van der Waals surface area contributed by atoms with Crippen LogP contribution in [0.1, 0.15) is 0 Å². The lowest BCUT2D eigenvalue weighted by Crippen LogP contribution is -2.13. The van der Waals surface area contributed by atoms with Crippen molar-refractivity contribution < 1.29 is 13.2 Å². The minimum atomic E-state index is -3.81. The van der Waals surface area contributed by atoms with Gasteiger partial charge < -0.3 is 10.5 Å². The van der Waals surface area contributed by atoms with Crippen LogP contribution in [0.5, 0.6) is 5.75 Å². The molecule has 114 valence electrons. The van der Waals surface area contributed by atoms with Gasteiger partial charge in [0.2, 0.25) is 0 Å². The Kier molecular flexibility index (Phi) is 3.46. The first-order chi connectivity index (χ1) is 10.4. The average molecular weight is 338 g/mol. The summed E-state index contributed by atoms with van der Waals surface area (Å²) >= 11 is 5.86. The second kappa shape index (κ2) is 5.19. The average Bonchev–Trinajstić information content (AvgIpc) is 2.90. The number of nitrogens with two attached hydrogens (primary N) is 1. The molecule has 3 aromatic rings. The van der Waals surface area contributed by atoms with Gasteiger partial charge in [-0.3, -0.25) is 0 Å². The molecule has 8 heteroatoms. The van der Waals surface area contributed by atoms with Crippen LogP contribution in [-0.4, -0.2) is 24.5 Å². The third kappa shape index (κ3) is 2.28. The van der Waals surface area contributed by atoms with Crippen molar-refractivity contribution in [2.45, 2.75) is 4.90 Å². The number of halogens is 1. The minimum Gasteiger partial charge on any atom is -0.495 e. The van der Waals surface area contributed by atoms with Gasteiger partial charge in [0.1, 0.15) is 5.75 Å². The van der Waals surface area contributed by atoms with Gasteiger partial charge in [-0.25, -0.2) is 17.4 Å². The summed E-state index contributed by atoms with van der Waals surface area (Å²) in [6.07, 6.45) is 2.84.